The summed E-state index contributed by atoms with van der Waals surface area (Å²) in [6.07, 6.45) is 3.94. The van der Waals surface area contributed by atoms with Gasteiger partial charge in [0.2, 0.25) is 17.6 Å². The van der Waals surface area contributed by atoms with Crippen LogP contribution in [-0.4, -0.2) is 21.0 Å². The summed E-state index contributed by atoms with van der Waals surface area (Å²) in [6, 6.07) is 15.2. The molecule has 3 aromatic heterocycles. The normalized spacial score (nSPS) is 10.8. The first-order chi connectivity index (χ1) is 14.2. The van der Waals surface area contributed by atoms with Gasteiger partial charge in [0, 0.05) is 40.8 Å². The quantitative estimate of drug-likeness (QED) is 0.446. The van der Waals surface area contributed by atoms with Gasteiger partial charge in [-0.05, 0) is 36.4 Å². The molecule has 1 N–H and O–H groups in total. The number of nitrogens with one attached hydrogen (secondary N) is 1. The van der Waals surface area contributed by atoms with E-state index in [-0.39, 0.29) is 12.3 Å². The van der Waals surface area contributed by atoms with E-state index >= 15 is 0 Å². The molecular formula is C21H17BrN4O3. The van der Waals surface area contributed by atoms with E-state index in [9.17, 15) is 4.79 Å². The third-order valence-electron chi connectivity index (χ3n) is 4.20. The largest absolute Gasteiger partial charge is 0.459 e. The molecule has 1 amide bonds. The molecule has 1 aromatic carbocycles. The predicted molar refractivity (Wildman–Crippen MR) is 110 cm³/mol. The first-order valence-electron chi connectivity index (χ1n) is 9.02. The zero-order valence-electron chi connectivity index (χ0n) is 15.3. The molecule has 0 atom stereocenters. The number of halogens is 1. The minimum atomic E-state index is -0.118. The topological polar surface area (TPSA) is 94.0 Å². The van der Waals surface area contributed by atoms with Gasteiger partial charge in [0.15, 0.2) is 0 Å². The van der Waals surface area contributed by atoms with Gasteiger partial charge in [-0.15, -0.1) is 0 Å². The number of pyridine rings is 1. The summed E-state index contributed by atoms with van der Waals surface area (Å²) in [4.78, 5) is 20.4. The van der Waals surface area contributed by atoms with E-state index < -0.39 is 0 Å². The number of aryl methyl sites for hydroxylation is 1. The highest BCUT2D eigenvalue weighted by Crippen LogP contribution is 2.24. The Balaban J connectivity index is 1.27. The highest BCUT2D eigenvalue weighted by atomic mass is 79.9. The van der Waals surface area contributed by atoms with Crippen LogP contribution in [0.15, 0.2) is 74.3 Å². The fourth-order valence-electron chi connectivity index (χ4n) is 2.71. The zero-order valence-corrected chi connectivity index (χ0v) is 16.9. The Kier molecular flexibility index (Phi) is 5.81. The van der Waals surface area contributed by atoms with Crippen LogP contribution in [0.5, 0.6) is 0 Å². The highest BCUT2D eigenvalue weighted by Gasteiger charge is 2.11. The van der Waals surface area contributed by atoms with Crippen LogP contribution in [0.25, 0.3) is 22.7 Å². The van der Waals surface area contributed by atoms with Crippen molar-refractivity contribution in [3.63, 3.8) is 0 Å². The molecule has 146 valence electrons. The van der Waals surface area contributed by atoms with Gasteiger partial charge in [0.25, 0.3) is 0 Å². The van der Waals surface area contributed by atoms with E-state index in [1.54, 1.807) is 18.5 Å². The molecule has 7 nitrogen and oxygen atoms in total. The Morgan fingerprint density at radius 1 is 1.07 bits per heavy atom. The Morgan fingerprint density at radius 3 is 2.72 bits per heavy atom. The second-order valence-electron chi connectivity index (χ2n) is 6.30. The predicted octanol–water partition coefficient (Wildman–Crippen LogP) is 4.40. The van der Waals surface area contributed by atoms with Crippen molar-refractivity contribution in [1.82, 2.24) is 20.4 Å². The molecule has 0 fully saturated rings. The second kappa shape index (κ2) is 8.83. The first-order valence-corrected chi connectivity index (χ1v) is 9.81. The average Bonchev–Trinajstić information content (AvgIpc) is 3.42. The molecule has 0 aliphatic heterocycles. The first kappa shape index (κ1) is 19.1. The number of carbonyl (C=O) groups is 1. The minimum absolute atomic E-state index is 0.118. The van der Waals surface area contributed by atoms with Gasteiger partial charge in [-0.25, -0.2) is 0 Å². The van der Waals surface area contributed by atoms with E-state index in [2.05, 4.69) is 36.4 Å². The lowest BCUT2D eigenvalue weighted by Gasteiger charge is -2.02. The van der Waals surface area contributed by atoms with Gasteiger partial charge in [0.1, 0.15) is 11.5 Å². The SMILES string of the molecule is O=C(CCc1nc(-c2cccnc2)no1)NCc1ccc(-c2ccc(Br)cc2)o1. The molecule has 4 aromatic rings. The van der Waals surface area contributed by atoms with Crippen LogP contribution in [0.2, 0.25) is 0 Å². The van der Waals surface area contributed by atoms with Gasteiger partial charge >= 0.3 is 0 Å². The average molecular weight is 453 g/mol. The standard InChI is InChI=1S/C21H17BrN4O3/c22-16-5-3-14(4-6-16)18-8-7-17(28-18)13-24-19(27)9-10-20-25-21(26-29-20)15-2-1-11-23-12-15/h1-8,11-12H,9-10,13H2,(H,24,27). The Bertz CT molecular complexity index is 1090. The summed E-state index contributed by atoms with van der Waals surface area (Å²) < 4.78 is 12.0. The number of benzene rings is 1. The third kappa shape index (κ3) is 4.97. The van der Waals surface area contributed by atoms with Crippen molar-refractivity contribution >= 4 is 21.8 Å². The number of rotatable bonds is 7. The van der Waals surface area contributed by atoms with Crippen molar-refractivity contribution in [2.75, 3.05) is 0 Å². The van der Waals surface area contributed by atoms with Crippen molar-refractivity contribution in [2.45, 2.75) is 19.4 Å². The fourth-order valence-corrected chi connectivity index (χ4v) is 2.97. The Morgan fingerprint density at radius 2 is 1.93 bits per heavy atom. The molecule has 0 aliphatic carbocycles. The van der Waals surface area contributed by atoms with Crippen LogP contribution < -0.4 is 5.32 Å². The monoisotopic (exact) mass is 452 g/mol. The lowest BCUT2D eigenvalue weighted by Crippen LogP contribution is -2.22. The van der Waals surface area contributed by atoms with Gasteiger partial charge < -0.3 is 14.3 Å². The van der Waals surface area contributed by atoms with Crippen LogP contribution in [-0.2, 0) is 17.8 Å². The van der Waals surface area contributed by atoms with Crippen molar-refractivity contribution in [1.29, 1.82) is 0 Å². The van der Waals surface area contributed by atoms with Crippen molar-refractivity contribution in [2.24, 2.45) is 0 Å². The number of hydrogen-bond acceptors (Lipinski definition) is 6. The maximum Gasteiger partial charge on any atom is 0.227 e. The summed E-state index contributed by atoms with van der Waals surface area (Å²) in [7, 11) is 0. The van der Waals surface area contributed by atoms with E-state index in [1.807, 2.05) is 42.5 Å². The van der Waals surface area contributed by atoms with E-state index in [1.165, 1.54) is 0 Å². The molecule has 4 rings (SSSR count). The summed E-state index contributed by atoms with van der Waals surface area (Å²) >= 11 is 3.41. The van der Waals surface area contributed by atoms with Gasteiger partial charge in [-0.1, -0.05) is 33.2 Å². The Labute approximate surface area is 175 Å². The number of nitrogens with zero attached hydrogens (tertiary/aromatic N) is 3. The molecule has 0 unspecified atom stereocenters. The second-order valence-corrected chi connectivity index (χ2v) is 7.22. The maximum absolute atomic E-state index is 12.1. The summed E-state index contributed by atoms with van der Waals surface area (Å²) in [6.45, 7) is 0.320. The number of hydrogen-bond donors (Lipinski definition) is 1. The van der Waals surface area contributed by atoms with Gasteiger partial charge in [0.05, 0.1) is 6.54 Å². The summed E-state index contributed by atoms with van der Waals surface area (Å²) in [5.74, 6) is 2.20. The summed E-state index contributed by atoms with van der Waals surface area (Å²) in [5, 5.41) is 6.76. The maximum atomic E-state index is 12.1. The molecule has 0 spiro atoms. The molecule has 0 saturated carbocycles. The van der Waals surface area contributed by atoms with Gasteiger partial charge in [-0.2, -0.15) is 4.98 Å². The van der Waals surface area contributed by atoms with Crippen LogP contribution in [0.4, 0.5) is 0 Å². The molecule has 3 heterocycles. The number of furan rings is 1. The fraction of sp³-hybridized carbons (Fsp3) is 0.143. The molecular weight excluding hydrogens is 436 g/mol. The van der Waals surface area contributed by atoms with E-state index in [0.717, 1.165) is 21.4 Å². The van der Waals surface area contributed by atoms with Gasteiger partial charge in [-0.3, -0.25) is 9.78 Å². The number of amides is 1. The van der Waals surface area contributed by atoms with E-state index in [4.69, 9.17) is 8.94 Å². The molecule has 8 heteroatoms. The van der Waals surface area contributed by atoms with Crippen LogP contribution >= 0.6 is 15.9 Å². The molecule has 0 bridgehead atoms. The lowest BCUT2D eigenvalue weighted by atomic mass is 10.2. The lowest BCUT2D eigenvalue weighted by molar-refractivity contribution is -0.121. The van der Waals surface area contributed by atoms with Crippen LogP contribution in [0.1, 0.15) is 18.1 Å². The number of carbonyl (C=O) groups excluding carboxylic acids is 1. The van der Waals surface area contributed by atoms with Crippen molar-refractivity contribution < 1.29 is 13.7 Å². The Hall–Kier alpha value is -3.26. The highest BCUT2D eigenvalue weighted by molar-refractivity contribution is 9.10. The molecule has 0 radical (unpaired) electrons. The van der Waals surface area contributed by atoms with Crippen LogP contribution in [0, 0.1) is 0 Å². The summed E-state index contributed by atoms with van der Waals surface area (Å²) in [5.41, 5.74) is 1.75. The van der Waals surface area contributed by atoms with Crippen molar-refractivity contribution in [3.8, 4) is 22.7 Å². The van der Waals surface area contributed by atoms with E-state index in [0.29, 0.717) is 30.4 Å². The third-order valence-corrected chi connectivity index (χ3v) is 4.73. The zero-order chi connectivity index (χ0) is 20.1. The molecule has 29 heavy (non-hydrogen) atoms. The minimum Gasteiger partial charge on any atom is -0.459 e. The number of aromatic nitrogens is 3. The molecule has 0 aliphatic rings. The van der Waals surface area contributed by atoms with Crippen molar-refractivity contribution in [3.05, 3.63) is 77.0 Å². The van der Waals surface area contributed by atoms with Crippen LogP contribution in [0.3, 0.4) is 0 Å². The molecule has 0 saturated heterocycles. The smallest absolute Gasteiger partial charge is 0.227 e.